The van der Waals surface area contributed by atoms with E-state index in [0.29, 0.717) is 0 Å². The minimum atomic E-state index is 0.900. The number of thiophene rings is 1. The molecule has 0 radical (unpaired) electrons. The van der Waals surface area contributed by atoms with E-state index in [1.165, 1.54) is 42.2 Å². The molecule has 0 saturated heterocycles. The van der Waals surface area contributed by atoms with Crippen LogP contribution in [0, 0.1) is 5.92 Å². The van der Waals surface area contributed by atoms with Gasteiger partial charge in [0.05, 0.1) is 0 Å². The predicted octanol–water partition coefficient (Wildman–Crippen LogP) is 5.66. The molecule has 1 heteroatoms. The molecule has 0 bridgehead atoms. The van der Waals surface area contributed by atoms with Crippen LogP contribution in [0.25, 0.3) is 10.1 Å². The van der Waals surface area contributed by atoms with Gasteiger partial charge in [-0.2, -0.15) is 0 Å². The minimum Gasteiger partial charge on any atom is -0.140 e. The molecule has 0 nitrogen and oxygen atoms in total. The minimum absolute atomic E-state index is 0.900. The van der Waals surface area contributed by atoms with E-state index in [1.807, 2.05) is 11.3 Å². The van der Waals surface area contributed by atoms with E-state index >= 15 is 0 Å². The van der Waals surface area contributed by atoms with E-state index in [9.17, 15) is 0 Å². The van der Waals surface area contributed by atoms with Crippen molar-refractivity contribution in [3.63, 3.8) is 0 Å². The number of fused-ring (bicyclic) bond motifs is 1. The second kappa shape index (κ2) is 6.20. The molecule has 1 aromatic heterocycles. The number of benzene rings is 1. The van der Waals surface area contributed by atoms with Gasteiger partial charge >= 0.3 is 0 Å². The van der Waals surface area contributed by atoms with Gasteiger partial charge in [0.2, 0.25) is 0 Å². The van der Waals surface area contributed by atoms with Gasteiger partial charge in [-0.15, -0.1) is 11.3 Å². The average molecular weight is 246 g/mol. The first-order valence-corrected chi connectivity index (χ1v) is 7.58. The maximum absolute atomic E-state index is 2.36. The van der Waals surface area contributed by atoms with E-state index in [4.69, 9.17) is 0 Å². The Bertz CT molecular complexity index is 422. The van der Waals surface area contributed by atoms with Crippen LogP contribution in [-0.2, 0) is 6.42 Å². The lowest BCUT2D eigenvalue weighted by molar-refractivity contribution is 0.485. The van der Waals surface area contributed by atoms with Crippen molar-refractivity contribution in [1.29, 1.82) is 0 Å². The Morgan fingerprint density at radius 2 is 2.00 bits per heavy atom. The Morgan fingerprint density at radius 1 is 1.18 bits per heavy atom. The molecule has 92 valence electrons. The Kier molecular flexibility index (Phi) is 4.61. The third kappa shape index (κ3) is 3.57. The van der Waals surface area contributed by atoms with Gasteiger partial charge in [0.1, 0.15) is 0 Å². The molecular formula is C16H22S. The number of hydrogen-bond donors (Lipinski definition) is 0. The smallest absolute Gasteiger partial charge is 0.0345 e. The molecule has 0 aliphatic heterocycles. The molecule has 0 amide bonds. The van der Waals surface area contributed by atoms with Gasteiger partial charge in [0, 0.05) is 9.58 Å². The first-order chi connectivity index (χ1) is 8.29. The Morgan fingerprint density at radius 3 is 2.76 bits per heavy atom. The highest BCUT2D eigenvalue weighted by Gasteiger charge is 2.02. The quantitative estimate of drug-likeness (QED) is 0.577. The maximum atomic E-state index is 2.36. The van der Waals surface area contributed by atoms with Crippen LogP contribution in [0.1, 0.15) is 44.4 Å². The monoisotopic (exact) mass is 246 g/mol. The highest BCUT2D eigenvalue weighted by atomic mass is 32.1. The van der Waals surface area contributed by atoms with E-state index in [-0.39, 0.29) is 0 Å². The van der Waals surface area contributed by atoms with Crippen LogP contribution in [0.2, 0.25) is 0 Å². The molecule has 1 unspecified atom stereocenters. The van der Waals surface area contributed by atoms with Gasteiger partial charge in [-0.3, -0.25) is 0 Å². The van der Waals surface area contributed by atoms with Crippen molar-refractivity contribution in [1.82, 2.24) is 0 Å². The number of hydrogen-bond acceptors (Lipinski definition) is 1. The average Bonchev–Trinajstić information content (AvgIpc) is 2.76. The van der Waals surface area contributed by atoms with Gasteiger partial charge in [-0.05, 0) is 36.3 Å². The molecule has 1 heterocycles. The summed E-state index contributed by atoms with van der Waals surface area (Å²) in [6, 6.07) is 11.1. The van der Waals surface area contributed by atoms with Crippen molar-refractivity contribution in [3.8, 4) is 0 Å². The molecule has 17 heavy (non-hydrogen) atoms. The van der Waals surface area contributed by atoms with Crippen molar-refractivity contribution < 1.29 is 0 Å². The standard InChI is InChI=1S/C16H22S/c1-3-13(2)8-4-6-10-15-12-14-9-5-7-11-16(14)17-15/h5,7,9,11-13H,3-4,6,8,10H2,1-2H3. The zero-order chi connectivity index (χ0) is 12.1. The van der Waals surface area contributed by atoms with Crippen molar-refractivity contribution in [2.45, 2.75) is 46.0 Å². The van der Waals surface area contributed by atoms with Gasteiger partial charge in [0.25, 0.3) is 0 Å². The van der Waals surface area contributed by atoms with Crippen LogP contribution < -0.4 is 0 Å². The number of aryl methyl sites for hydroxylation is 1. The summed E-state index contributed by atoms with van der Waals surface area (Å²) in [6.45, 7) is 4.65. The van der Waals surface area contributed by atoms with Crippen LogP contribution in [0.3, 0.4) is 0 Å². The lowest BCUT2D eigenvalue weighted by Gasteiger charge is -2.06. The molecule has 0 aliphatic carbocycles. The fraction of sp³-hybridized carbons (Fsp3) is 0.500. The van der Waals surface area contributed by atoms with Crippen LogP contribution >= 0.6 is 11.3 Å². The SMILES string of the molecule is CCC(C)CCCCc1cc2ccccc2s1. The summed E-state index contributed by atoms with van der Waals surface area (Å²) >= 11 is 1.96. The summed E-state index contributed by atoms with van der Waals surface area (Å²) < 4.78 is 1.43. The third-order valence-corrected chi connectivity index (χ3v) is 4.72. The molecule has 0 fully saturated rings. The molecule has 0 saturated carbocycles. The van der Waals surface area contributed by atoms with Crippen LogP contribution in [0.15, 0.2) is 30.3 Å². The first kappa shape index (κ1) is 12.6. The molecule has 1 atom stereocenters. The molecule has 0 spiro atoms. The van der Waals surface area contributed by atoms with E-state index in [0.717, 1.165) is 5.92 Å². The Labute approximate surface area is 109 Å². The molecule has 0 N–H and O–H groups in total. The van der Waals surface area contributed by atoms with Crippen molar-refractivity contribution >= 4 is 21.4 Å². The highest BCUT2D eigenvalue weighted by Crippen LogP contribution is 2.26. The summed E-state index contributed by atoms with van der Waals surface area (Å²) in [5.41, 5.74) is 0. The Hall–Kier alpha value is -0.820. The van der Waals surface area contributed by atoms with E-state index in [1.54, 1.807) is 4.88 Å². The zero-order valence-corrected chi connectivity index (χ0v) is 11.7. The third-order valence-electron chi connectivity index (χ3n) is 3.54. The summed E-state index contributed by atoms with van der Waals surface area (Å²) in [5.74, 6) is 0.900. The molecule has 1 aromatic carbocycles. The lowest BCUT2D eigenvalue weighted by Crippen LogP contribution is -1.92. The van der Waals surface area contributed by atoms with Crippen LogP contribution in [-0.4, -0.2) is 0 Å². The molecule has 2 aromatic rings. The van der Waals surface area contributed by atoms with Crippen LogP contribution in [0.5, 0.6) is 0 Å². The first-order valence-electron chi connectivity index (χ1n) is 6.77. The predicted molar refractivity (Wildman–Crippen MR) is 78.8 cm³/mol. The van der Waals surface area contributed by atoms with Gasteiger partial charge in [-0.1, -0.05) is 51.3 Å². The van der Waals surface area contributed by atoms with Crippen LogP contribution in [0.4, 0.5) is 0 Å². The number of unbranched alkanes of at least 4 members (excludes halogenated alkanes) is 1. The summed E-state index contributed by atoms with van der Waals surface area (Å²) in [4.78, 5) is 1.55. The fourth-order valence-electron chi connectivity index (χ4n) is 2.16. The summed E-state index contributed by atoms with van der Waals surface area (Å²) in [6.07, 6.45) is 6.69. The topological polar surface area (TPSA) is 0 Å². The van der Waals surface area contributed by atoms with E-state index in [2.05, 4.69) is 44.2 Å². The second-order valence-corrected chi connectivity index (χ2v) is 6.18. The Balaban J connectivity index is 1.83. The maximum Gasteiger partial charge on any atom is 0.0345 e. The normalized spacial score (nSPS) is 13.1. The van der Waals surface area contributed by atoms with Gasteiger partial charge < -0.3 is 0 Å². The molecule has 0 aliphatic rings. The largest absolute Gasteiger partial charge is 0.140 e. The van der Waals surface area contributed by atoms with Crippen molar-refractivity contribution in [2.75, 3.05) is 0 Å². The highest BCUT2D eigenvalue weighted by molar-refractivity contribution is 7.19. The van der Waals surface area contributed by atoms with Crippen molar-refractivity contribution in [3.05, 3.63) is 35.2 Å². The lowest BCUT2D eigenvalue weighted by atomic mass is 10.0. The second-order valence-electron chi connectivity index (χ2n) is 5.01. The molecular weight excluding hydrogens is 224 g/mol. The zero-order valence-electron chi connectivity index (χ0n) is 10.9. The van der Waals surface area contributed by atoms with Gasteiger partial charge in [0.15, 0.2) is 0 Å². The van der Waals surface area contributed by atoms with Gasteiger partial charge in [-0.25, -0.2) is 0 Å². The van der Waals surface area contributed by atoms with E-state index < -0.39 is 0 Å². The van der Waals surface area contributed by atoms with Crippen molar-refractivity contribution in [2.24, 2.45) is 5.92 Å². The fourth-order valence-corrected chi connectivity index (χ4v) is 3.26. The summed E-state index contributed by atoms with van der Waals surface area (Å²) in [7, 11) is 0. The molecule has 2 rings (SSSR count). The summed E-state index contributed by atoms with van der Waals surface area (Å²) in [5, 5.41) is 1.41. The number of rotatable bonds is 6.